The van der Waals surface area contributed by atoms with Crippen molar-refractivity contribution in [3.63, 3.8) is 0 Å². The molecule has 1 aliphatic rings. The molecule has 4 heteroatoms. The maximum absolute atomic E-state index is 12.9. The van der Waals surface area contributed by atoms with Crippen LogP contribution in [-0.2, 0) is 11.2 Å². The Morgan fingerprint density at radius 2 is 1.67 bits per heavy atom. The average Bonchev–Trinajstić information content (AvgIpc) is 2.70. The Balaban J connectivity index is 0.00000208. The molecule has 1 aliphatic heterocycles. The van der Waals surface area contributed by atoms with Crippen molar-refractivity contribution in [2.45, 2.75) is 18.8 Å². The summed E-state index contributed by atoms with van der Waals surface area (Å²) in [5.41, 5.74) is 3.61. The highest BCUT2D eigenvalue weighted by Gasteiger charge is 2.28. The lowest BCUT2D eigenvalue weighted by molar-refractivity contribution is -0.118. The molecule has 1 amide bonds. The van der Waals surface area contributed by atoms with Gasteiger partial charge in [-0.25, -0.2) is 0 Å². The van der Waals surface area contributed by atoms with E-state index in [1.165, 1.54) is 11.1 Å². The molecular formula is C20H25ClN2O. The highest BCUT2D eigenvalue weighted by atomic mass is 35.5. The summed E-state index contributed by atoms with van der Waals surface area (Å²) in [4.78, 5) is 17.0. The summed E-state index contributed by atoms with van der Waals surface area (Å²) >= 11 is 0. The predicted molar refractivity (Wildman–Crippen MR) is 102 cm³/mol. The molecule has 0 N–H and O–H groups in total. The molecule has 1 heterocycles. The van der Waals surface area contributed by atoms with Crippen LogP contribution in [0.15, 0.2) is 54.6 Å². The number of likely N-dealkylation sites (N-methyl/N-ethyl adjacent to an activating group) is 1. The SMILES string of the molecule is CN(C)CCN1C(=O)CC(c2ccccc2)Cc2ccccc21.Cl. The Kier molecular flexibility index (Phi) is 6.41. The van der Waals surface area contributed by atoms with Crippen LogP contribution in [0.3, 0.4) is 0 Å². The minimum atomic E-state index is 0. The van der Waals surface area contributed by atoms with Gasteiger partial charge in [-0.15, -0.1) is 12.4 Å². The number of hydrogen-bond donors (Lipinski definition) is 0. The van der Waals surface area contributed by atoms with Crippen LogP contribution in [0.4, 0.5) is 5.69 Å². The number of benzene rings is 2. The lowest BCUT2D eigenvalue weighted by Gasteiger charge is -2.24. The lowest BCUT2D eigenvalue weighted by atomic mass is 9.90. The van der Waals surface area contributed by atoms with Crippen molar-refractivity contribution in [3.8, 4) is 0 Å². The second-order valence-electron chi connectivity index (χ2n) is 6.49. The Labute approximate surface area is 150 Å². The fourth-order valence-electron chi connectivity index (χ4n) is 3.25. The minimum Gasteiger partial charge on any atom is -0.311 e. The topological polar surface area (TPSA) is 23.6 Å². The van der Waals surface area contributed by atoms with E-state index in [2.05, 4.69) is 47.4 Å². The summed E-state index contributed by atoms with van der Waals surface area (Å²) in [6, 6.07) is 18.7. The van der Waals surface area contributed by atoms with Crippen LogP contribution in [0.1, 0.15) is 23.5 Å². The van der Waals surface area contributed by atoms with E-state index >= 15 is 0 Å². The molecular weight excluding hydrogens is 320 g/mol. The quantitative estimate of drug-likeness (QED) is 0.843. The largest absolute Gasteiger partial charge is 0.311 e. The van der Waals surface area contributed by atoms with E-state index < -0.39 is 0 Å². The van der Waals surface area contributed by atoms with Crippen LogP contribution in [0.2, 0.25) is 0 Å². The normalized spacial score (nSPS) is 17.2. The molecule has 0 fully saturated rings. The number of carbonyl (C=O) groups excluding carboxylic acids is 1. The van der Waals surface area contributed by atoms with E-state index in [0.717, 1.165) is 25.2 Å². The van der Waals surface area contributed by atoms with Gasteiger partial charge in [0, 0.05) is 25.2 Å². The molecule has 0 spiro atoms. The number of carbonyl (C=O) groups is 1. The monoisotopic (exact) mass is 344 g/mol. The third-order valence-corrected chi connectivity index (χ3v) is 4.51. The standard InChI is InChI=1S/C20H24N2O.ClH/c1-21(2)12-13-22-19-11-7-6-10-17(19)14-18(15-20(22)23)16-8-4-3-5-9-16;/h3-11,18H,12-15H2,1-2H3;1H. The van der Waals surface area contributed by atoms with Gasteiger partial charge in [-0.2, -0.15) is 0 Å². The number of halogens is 1. The highest BCUT2D eigenvalue weighted by Crippen LogP contribution is 2.34. The highest BCUT2D eigenvalue weighted by molar-refractivity contribution is 5.95. The number of anilines is 1. The molecule has 0 aliphatic carbocycles. The fourth-order valence-corrected chi connectivity index (χ4v) is 3.25. The molecule has 0 saturated carbocycles. The zero-order valence-electron chi connectivity index (χ0n) is 14.3. The van der Waals surface area contributed by atoms with Gasteiger partial charge in [0.1, 0.15) is 0 Å². The molecule has 128 valence electrons. The molecule has 3 rings (SSSR count). The molecule has 0 aromatic heterocycles. The van der Waals surface area contributed by atoms with Gasteiger partial charge in [-0.3, -0.25) is 4.79 Å². The zero-order chi connectivity index (χ0) is 16.2. The van der Waals surface area contributed by atoms with Crippen LogP contribution >= 0.6 is 12.4 Å². The third kappa shape index (κ3) is 4.16. The van der Waals surface area contributed by atoms with Gasteiger partial charge in [0.25, 0.3) is 0 Å². The van der Waals surface area contributed by atoms with Crippen molar-refractivity contribution in [3.05, 3.63) is 65.7 Å². The van der Waals surface area contributed by atoms with E-state index in [0.29, 0.717) is 6.42 Å². The van der Waals surface area contributed by atoms with Gasteiger partial charge in [-0.05, 0) is 43.6 Å². The number of fused-ring (bicyclic) bond motifs is 1. The van der Waals surface area contributed by atoms with Crippen molar-refractivity contribution >= 4 is 24.0 Å². The molecule has 0 radical (unpaired) electrons. The zero-order valence-corrected chi connectivity index (χ0v) is 15.1. The third-order valence-electron chi connectivity index (χ3n) is 4.51. The van der Waals surface area contributed by atoms with Gasteiger partial charge in [0.05, 0.1) is 0 Å². The number of rotatable bonds is 4. The van der Waals surface area contributed by atoms with Crippen LogP contribution in [0, 0.1) is 0 Å². The van der Waals surface area contributed by atoms with Crippen LogP contribution < -0.4 is 4.90 Å². The molecule has 2 aromatic rings. The number of hydrogen-bond acceptors (Lipinski definition) is 2. The first-order valence-corrected chi connectivity index (χ1v) is 8.23. The maximum atomic E-state index is 12.9. The Morgan fingerprint density at radius 1 is 1.00 bits per heavy atom. The molecule has 0 saturated heterocycles. The second-order valence-corrected chi connectivity index (χ2v) is 6.49. The van der Waals surface area contributed by atoms with Crippen molar-refractivity contribution < 1.29 is 4.79 Å². The van der Waals surface area contributed by atoms with E-state index in [9.17, 15) is 4.79 Å². The molecule has 24 heavy (non-hydrogen) atoms. The summed E-state index contributed by atoms with van der Waals surface area (Å²) in [6.45, 7) is 1.61. The van der Waals surface area contributed by atoms with Crippen molar-refractivity contribution in [2.24, 2.45) is 0 Å². The van der Waals surface area contributed by atoms with Crippen molar-refractivity contribution in [1.82, 2.24) is 4.90 Å². The lowest BCUT2D eigenvalue weighted by Crippen LogP contribution is -2.36. The van der Waals surface area contributed by atoms with Crippen LogP contribution in [0.25, 0.3) is 0 Å². The summed E-state index contributed by atoms with van der Waals surface area (Å²) in [6.07, 6.45) is 1.50. The van der Waals surface area contributed by atoms with Crippen molar-refractivity contribution in [1.29, 1.82) is 0 Å². The van der Waals surface area contributed by atoms with Crippen molar-refractivity contribution in [2.75, 3.05) is 32.1 Å². The number of amides is 1. The molecule has 1 unspecified atom stereocenters. The first-order chi connectivity index (χ1) is 11.1. The van der Waals surface area contributed by atoms with Gasteiger partial charge in [-0.1, -0.05) is 48.5 Å². The minimum absolute atomic E-state index is 0. The summed E-state index contributed by atoms with van der Waals surface area (Å²) in [7, 11) is 4.09. The Morgan fingerprint density at radius 3 is 2.38 bits per heavy atom. The molecule has 3 nitrogen and oxygen atoms in total. The Hall–Kier alpha value is -1.84. The second kappa shape index (κ2) is 8.32. The first kappa shape index (κ1) is 18.5. The average molecular weight is 345 g/mol. The fraction of sp³-hybridized carbons (Fsp3) is 0.350. The van der Waals surface area contributed by atoms with Gasteiger partial charge in [0.2, 0.25) is 5.91 Å². The van der Waals surface area contributed by atoms with Crippen LogP contribution in [0.5, 0.6) is 0 Å². The van der Waals surface area contributed by atoms with Gasteiger partial charge >= 0.3 is 0 Å². The van der Waals surface area contributed by atoms with Gasteiger partial charge < -0.3 is 9.80 Å². The van der Waals surface area contributed by atoms with E-state index in [1.54, 1.807) is 0 Å². The smallest absolute Gasteiger partial charge is 0.227 e. The molecule has 0 bridgehead atoms. The maximum Gasteiger partial charge on any atom is 0.227 e. The van der Waals surface area contributed by atoms with Crippen LogP contribution in [-0.4, -0.2) is 38.0 Å². The summed E-state index contributed by atoms with van der Waals surface area (Å²) < 4.78 is 0. The van der Waals surface area contributed by atoms with E-state index in [4.69, 9.17) is 0 Å². The summed E-state index contributed by atoms with van der Waals surface area (Å²) in [5.74, 6) is 0.486. The molecule has 1 atom stereocenters. The molecule has 2 aromatic carbocycles. The van der Waals surface area contributed by atoms with Gasteiger partial charge in [0.15, 0.2) is 0 Å². The number of para-hydroxylation sites is 1. The Bertz CT molecular complexity index is 672. The van der Waals surface area contributed by atoms with E-state index in [1.807, 2.05) is 31.1 Å². The first-order valence-electron chi connectivity index (χ1n) is 8.23. The predicted octanol–water partition coefficient (Wildman–Crippen LogP) is 3.73. The summed E-state index contributed by atoms with van der Waals surface area (Å²) in [5, 5.41) is 0. The van der Waals surface area contributed by atoms with E-state index in [-0.39, 0.29) is 24.2 Å². The number of nitrogens with zero attached hydrogens (tertiary/aromatic N) is 2.